The van der Waals surface area contributed by atoms with Crippen LogP contribution in [0.25, 0.3) is 16.7 Å². The number of halogens is 4. The molecule has 0 aliphatic rings. The first kappa shape index (κ1) is 14.5. The van der Waals surface area contributed by atoms with Gasteiger partial charge in [0.2, 0.25) is 0 Å². The quantitative estimate of drug-likeness (QED) is 0.602. The SMILES string of the molecule is Fc1ccc(-n2c(CCCl)nc3ccc(F)cc32)c(Br)c1. The van der Waals surface area contributed by atoms with Crippen LogP contribution in [0.2, 0.25) is 0 Å². The second-order valence-corrected chi connectivity index (χ2v) is 5.76. The third kappa shape index (κ3) is 2.68. The molecule has 1 aromatic heterocycles. The summed E-state index contributed by atoms with van der Waals surface area (Å²) in [4.78, 5) is 4.48. The molecular weight excluding hydrogens is 362 g/mol. The summed E-state index contributed by atoms with van der Waals surface area (Å²) in [6.07, 6.45) is 0.529. The molecule has 6 heteroatoms. The molecule has 3 aromatic rings. The van der Waals surface area contributed by atoms with Crippen molar-refractivity contribution in [2.45, 2.75) is 6.42 Å². The highest BCUT2D eigenvalue weighted by Crippen LogP contribution is 2.28. The van der Waals surface area contributed by atoms with Crippen molar-refractivity contribution in [3.05, 3.63) is 58.3 Å². The van der Waals surface area contributed by atoms with Gasteiger partial charge in [-0.25, -0.2) is 13.8 Å². The predicted octanol–water partition coefficient (Wildman–Crippen LogP) is 4.85. The van der Waals surface area contributed by atoms with E-state index in [0.717, 1.165) is 0 Å². The molecule has 2 aromatic carbocycles. The first-order chi connectivity index (χ1) is 10.1. The Morgan fingerprint density at radius 3 is 2.52 bits per heavy atom. The Hall–Kier alpha value is -1.46. The molecule has 0 aliphatic carbocycles. The second kappa shape index (κ2) is 5.73. The van der Waals surface area contributed by atoms with Crippen LogP contribution in [0.5, 0.6) is 0 Å². The molecule has 0 aliphatic heterocycles. The van der Waals surface area contributed by atoms with Crippen LogP contribution in [0.15, 0.2) is 40.9 Å². The van der Waals surface area contributed by atoms with Crippen LogP contribution in [-0.4, -0.2) is 15.4 Å². The zero-order valence-electron chi connectivity index (χ0n) is 10.8. The van der Waals surface area contributed by atoms with Crippen LogP contribution in [0.3, 0.4) is 0 Å². The summed E-state index contributed by atoms with van der Waals surface area (Å²) in [6, 6.07) is 8.75. The number of rotatable bonds is 3. The van der Waals surface area contributed by atoms with Crippen LogP contribution < -0.4 is 0 Å². The monoisotopic (exact) mass is 370 g/mol. The number of benzene rings is 2. The number of imidazole rings is 1. The normalized spacial score (nSPS) is 11.2. The average molecular weight is 372 g/mol. The Kier molecular flexibility index (Phi) is 3.95. The standard InChI is InChI=1S/C15H10BrClF2N2/c16-11-7-9(18)2-4-13(11)21-14-8-10(19)1-3-12(14)20-15(21)5-6-17/h1-4,7-8H,5-6H2. The number of hydrogen-bond acceptors (Lipinski definition) is 1. The third-order valence-corrected chi connectivity index (χ3v) is 3.98. The summed E-state index contributed by atoms with van der Waals surface area (Å²) >= 11 is 9.16. The highest BCUT2D eigenvalue weighted by molar-refractivity contribution is 9.10. The number of aryl methyl sites for hydroxylation is 1. The van der Waals surface area contributed by atoms with Crippen molar-refractivity contribution in [1.82, 2.24) is 9.55 Å². The third-order valence-electron chi connectivity index (χ3n) is 3.15. The van der Waals surface area contributed by atoms with Gasteiger partial charge in [0.25, 0.3) is 0 Å². The predicted molar refractivity (Wildman–Crippen MR) is 83.1 cm³/mol. The van der Waals surface area contributed by atoms with Crippen LogP contribution in [0.4, 0.5) is 8.78 Å². The molecule has 0 spiro atoms. The minimum Gasteiger partial charge on any atom is -0.295 e. The Morgan fingerprint density at radius 1 is 1.10 bits per heavy atom. The van der Waals surface area contributed by atoms with Crippen molar-refractivity contribution in [3.63, 3.8) is 0 Å². The van der Waals surface area contributed by atoms with Gasteiger partial charge in [0.05, 0.1) is 16.7 Å². The fourth-order valence-electron chi connectivity index (χ4n) is 2.28. The molecule has 3 rings (SSSR count). The van der Waals surface area contributed by atoms with E-state index in [1.807, 2.05) is 0 Å². The van der Waals surface area contributed by atoms with Crippen LogP contribution in [0.1, 0.15) is 5.82 Å². The van der Waals surface area contributed by atoms with Crippen molar-refractivity contribution < 1.29 is 8.78 Å². The van der Waals surface area contributed by atoms with E-state index < -0.39 is 0 Å². The lowest BCUT2D eigenvalue weighted by molar-refractivity contribution is 0.625. The van der Waals surface area contributed by atoms with E-state index in [4.69, 9.17) is 11.6 Å². The van der Waals surface area contributed by atoms with E-state index in [1.165, 1.54) is 24.3 Å². The van der Waals surface area contributed by atoms with Gasteiger partial charge in [0.15, 0.2) is 0 Å². The lowest BCUT2D eigenvalue weighted by Crippen LogP contribution is -2.03. The van der Waals surface area contributed by atoms with Gasteiger partial charge in [0, 0.05) is 22.8 Å². The molecule has 1 heterocycles. The van der Waals surface area contributed by atoms with Crippen molar-refractivity contribution in [1.29, 1.82) is 0 Å². The number of nitrogens with zero attached hydrogens (tertiary/aromatic N) is 2. The lowest BCUT2D eigenvalue weighted by atomic mass is 10.2. The van der Waals surface area contributed by atoms with E-state index in [1.54, 1.807) is 16.7 Å². The molecule has 0 amide bonds. The van der Waals surface area contributed by atoms with Crippen LogP contribution in [0, 0.1) is 11.6 Å². The van der Waals surface area contributed by atoms with Gasteiger partial charge < -0.3 is 0 Å². The van der Waals surface area contributed by atoms with Gasteiger partial charge in [-0.3, -0.25) is 4.57 Å². The average Bonchev–Trinajstić information content (AvgIpc) is 2.77. The summed E-state index contributed by atoms with van der Waals surface area (Å²) in [5, 5.41) is 0. The number of hydrogen-bond donors (Lipinski definition) is 0. The molecule has 2 nitrogen and oxygen atoms in total. The molecule has 0 fully saturated rings. The summed E-state index contributed by atoms with van der Waals surface area (Å²) < 4.78 is 29.2. The highest BCUT2D eigenvalue weighted by atomic mass is 79.9. The van der Waals surface area contributed by atoms with E-state index in [-0.39, 0.29) is 11.6 Å². The van der Waals surface area contributed by atoms with Gasteiger partial charge in [-0.1, -0.05) is 0 Å². The van der Waals surface area contributed by atoms with E-state index in [0.29, 0.717) is 39.3 Å². The Labute approximate surface area is 133 Å². The van der Waals surface area contributed by atoms with Crippen LogP contribution in [-0.2, 0) is 6.42 Å². The summed E-state index contributed by atoms with van der Waals surface area (Å²) in [7, 11) is 0. The van der Waals surface area contributed by atoms with E-state index >= 15 is 0 Å². The fourth-order valence-corrected chi connectivity index (χ4v) is 2.98. The number of aromatic nitrogens is 2. The zero-order valence-corrected chi connectivity index (χ0v) is 13.1. The zero-order chi connectivity index (χ0) is 15.0. The number of alkyl halides is 1. The molecular formula is C15H10BrClF2N2. The van der Waals surface area contributed by atoms with Crippen molar-refractivity contribution in [2.75, 3.05) is 5.88 Å². The van der Waals surface area contributed by atoms with Gasteiger partial charge in [-0.15, -0.1) is 11.6 Å². The molecule has 108 valence electrons. The van der Waals surface area contributed by atoms with Crippen molar-refractivity contribution >= 4 is 38.6 Å². The Balaban J connectivity index is 2.32. The topological polar surface area (TPSA) is 17.8 Å². The highest BCUT2D eigenvalue weighted by Gasteiger charge is 2.15. The maximum absolute atomic E-state index is 13.6. The first-order valence-corrected chi connectivity index (χ1v) is 7.61. The Morgan fingerprint density at radius 2 is 1.81 bits per heavy atom. The van der Waals surface area contributed by atoms with E-state index in [9.17, 15) is 8.78 Å². The molecule has 0 radical (unpaired) electrons. The molecule has 21 heavy (non-hydrogen) atoms. The largest absolute Gasteiger partial charge is 0.295 e. The molecule has 0 atom stereocenters. The fraction of sp³-hybridized carbons (Fsp3) is 0.133. The summed E-state index contributed by atoms with van der Waals surface area (Å²) in [5.41, 5.74) is 2.00. The van der Waals surface area contributed by atoms with Gasteiger partial charge in [-0.05, 0) is 46.3 Å². The second-order valence-electron chi connectivity index (χ2n) is 4.53. The van der Waals surface area contributed by atoms with Gasteiger partial charge in [0.1, 0.15) is 17.5 Å². The smallest absolute Gasteiger partial charge is 0.125 e. The molecule has 0 saturated heterocycles. The summed E-state index contributed by atoms with van der Waals surface area (Å²) in [5.74, 6) is 0.405. The molecule has 0 saturated carbocycles. The van der Waals surface area contributed by atoms with Crippen molar-refractivity contribution in [3.8, 4) is 5.69 Å². The van der Waals surface area contributed by atoms with Crippen LogP contribution >= 0.6 is 27.5 Å². The lowest BCUT2D eigenvalue weighted by Gasteiger charge is -2.11. The maximum Gasteiger partial charge on any atom is 0.125 e. The molecule has 0 bridgehead atoms. The van der Waals surface area contributed by atoms with Gasteiger partial charge in [-0.2, -0.15) is 0 Å². The minimum absolute atomic E-state index is 0.347. The molecule has 0 N–H and O–H groups in total. The minimum atomic E-state index is -0.348. The summed E-state index contributed by atoms with van der Waals surface area (Å²) in [6.45, 7) is 0. The maximum atomic E-state index is 13.6. The Bertz CT molecular complexity index is 817. The number of fused-ring (bicyclic) bond motifs is 1. The first-order valence-electron chi connectivity index (χ1n) is 6.28. The van der Waals surface area contributed by atoms with E-state index in [2.05, 4.69) is 20.9 Å². The van der Waals surface area contributed by atoms with Gasteiger partial charge >= 0.3 is 0 Å². The van der Waals surface area contributed by atoms with Crippen molar-refractivity contribution in [2.24, 2.45) is 0 Å². The molecule has 0 unspecified atom stereocenters.